The lowest BCUT2D eigenvalue weighted by molar-refractivity contribution is -0.274. The summed E-state index contributed by atoms with van der Waals surface area (Å²) in [7, 11) is 0. The molecule has 1 aromatic heterocycles. The van der Waals surface area contributed by atoms with Crippen LogP contribution in [-0.4, -0.2) is 17.9 Å². The van der Waals surface area contributed by atoms with Gasteiger partial charge in [-0.05, 0) is 35.9 Å². The molecule has 0 saturated heterocycles. The number of alkyl halides is 3. The van der Waals surface area contributed by atoms with E-state index in [4.69, 9.17) is 11.6 Å². The highest BCUT2D eigenvalue weighted by atomic mass is 35.5. The molecule has 0 fully saturated rings. The first kappa shape index (κ1) is 18.4. The first-order valence-electron chi connectivity index (χ1n) is 8.20. The van der Waals surface area contributed by atoms with Crippen LogP contribution in [0.4, 0.5) is 13.2 Å². The van der Waals surface area contributed by atoms with Crippen molar-refractivity contribution in [2.75, 3.05) is 6.54 Å². The molecule has 0 aliphatic carbocycles. The average molecular weight is 411 g/mol. The third-order valence-corrected chi connectivity index (χ3v) is 5.86. The van der Waals surface area contributed by atoms with Crippen LogP contribution < -0.4 is 10.1 Å². The number of nitrogens with zero attached hydrogens (tertiary/aromatic N) is 1. The van der Waals surface area contributed by atoms with Gasteiger partial charge in [0, 0.05) is 23.4 Å². The number of aromatic nitrogens is 1. The predicted octanol–water partition coefficient (Wildman–Crippen LogP) is 5.72. The van der Waals surface area contributed by atoms with Gasteiger partial charge in [0.15, 0.2) is 0 Å². The lowest BCUT2D eigenvalue weighted by Gasteiger charge is -2.16. The summed E-state index contributed by atoms with van der Waals surface area (Å²) in [5.41, 5.74) is 2.54. The number of nitrogens with one attached hydrogen (secondary N) is 1. The van der Waals surface area contributed by atoms with Crippen molar-refractivity contribution in [2.24, 2.45) is 0 Å². The number of fused-ring (bicyclic) bond motifs is 2. The highest BCUT2D eigenvalue weighted by Gasteiger charge is 2.31. The van der Waals surface area contributed by atoms with Crippen LogP contribution in [0.25, 0.3) is 10.9 Å². The molecule has 0 spiro atoms. The Balaban J connectivity index is 1.68. The van der Waals surface area contributed by atoms with Crippen LogP contribution in [0.1, 0.15) is 16.5 Å². The van der Waals surface area contributed by atoms with E-state index in [1.165, 1.54) is 28.7 Å². The fourth-order valence-corrected chi connectivity index (χ4v) is 4.47. The Morgan fingerprint density at radius 3 is 2.78 bits per heavy atom. The Morgan fingerprint density at radius 1 is 1.15 bits per heavy atom. The van der Waals surface area contributed by atoms with Crippen molar-refractivity contribution >= 4 is 34.3 Å². The minimum atomic E-state index is -4.75. The molecule has 1 aliphatic heterocycles. The van der Waals surface area contributed by atoms with Gasteiger partial charge in [0.1, 0.15) is 5.75 Å². The molecular formula is C19H14ClF3N2OS. The lowest BCUT2D eigenvalue weighted by Crippen LogP contribution is -2.18. The Kier molecular flexibility index (Phi) is 4.92. The second kappa shape index (κ2) is 7.22. The number of thioether (sulfide) groups is 1. The van der Waals surface area contributed by atoms with E-state index in [0.717, 1.165) is 12.2 Å². The van der Waals surface area contributed by atoms with E-state index in [0.29, 0.717) is 22.5 Å². The van der Waals surface area contributed by atoms with Gasteiger partial charge in [-0.1, -0.05) is 29.8 Å². The molecule has 1 unspecified atom stereocenters. The molecule has 1 atom stereocenters. The van der Waals surface area contributed by atoms with E-state index in [2.05, 4.69) is 27.2 Å². The number of rotatable bonds is 2. The van der Waals surface area contributed by atoms with E-state index < -0.39 is 6.36 Å². The summed E-state index contributed by atoms with van der Waals surface area (Å²) < 4.78 is 41.3. The molecule has 140 valence electrons. The molecule has 0 amide bonds. The third kappa shape index (κ3) is 4.15. The van der Waals surface area contributed by atoms with Gasteiger partial charge in [-0.25, -0.2) is 0 Å². The first-order chi connectivity index (χ1) is 12.9. The molecule has 2 aromatic carbocycles. The highest BCUT2D eigenvalue weighted by Crippen LogP contribution is 2.40. The van der Waals surface area contributed by atoms with Gasteiger partial charge in [-0.3, -0.25) is 4.98 Å². The second-order valence-corrected chi connectivity index (χ2v) is 7.75. The van der Waals surface area contributed by atoms with Crippen LogP contribution in [0.2, 0.25) is 5.02 Å². The number of halogens is 4. The van der Waals surface area contributed by atoms with Crippen LogP contribution in [0.15, 0.2) is 53.4 Å². The minimum absolute atomic E-state index is 0.0432. The fourth-order valence-electron chi connectivity index (χ4n) is 3.01. The number of hydrogen-bond donors (Lipinski definition) is 1. The number of hydrogen-bond acceptors (Lipinski definition) is 4. The highest BCUT2D eigenvalue weighted by molar-refractivity contribution is 7.99. The van der Waals surface area contributed by atoms with Gasteiger partial charge in [0.05, 0.1) is 21.5 Å². The van der Waals surface area contributed by atoms with Gasteiger partial charge in [0.2, 0.25) is 0 Å². The number of benzene rings is 2. The first-order valence-corrected chi connectivity index (χ1v) is 9.46. The van der Waals surface area contributed by atoms with Crippen molar-refractivity contribution in [1.29, 1.82) is 0 Å². The minimum Gasteiger partial charge on any atom is -0.406 e. The standard InChI is InChI=1S/C19H14ClF3N2OS/c20-14-8-16(18-10-24-9-11-3-1-2-4-17(11)27-18)25-15-6-5-12(7-13(14)15)26-19(21,22)23/h1-8,18,24H,9-10H2. The zero-order valence-corrected chi connectivity index (χ0v) is 15.5. The van der Waals surface area contributed by atoms with E-state index in [1.54, 1.807) is 17.8 Å². The lowest BCUT2D eigenvalue weighted by atomic mass is 10.1. The Hall–Kier alpha value is -1.96. The summed E-state index contributed by atoms with van der Waals surface area (Å²) in [6, 6.07) is 13.9. The van der Waals surface area contributed by atoms with Crippen LogP contribution in [0.5, 0.6) is 5.75 Å². The maximum atomic E-state index is 12.4. The topological polar surface area (TPSA) is 34.1 Å². The maximum absolute atomic E-state index is 12.4. The molecule has 8 heteroatoms. The monoisotopic (exact) mass is 410 g/mol. The molecule has 1 aliphatic rings. The molecule has 2 heterocycles. The average Bonchev–Trinajstić information content (AvgIpc) is 2.83. The summed E-state index contributed by atoms with van der Waals surface area (Å²) in [6.07, 6.45) is -4.75. The fraction of sp³-hybridized carbons (Fsp3) is 0.211. The summed E-state index contributed by atoms with van der Waals surface area (Å²) in [4.78, 5) is 5.81. The van der Waals surface area contributed by atoms with Crippen molar-refractivity contribution in [3.05, 3.63) is 64.8 Å². The zero-order valence-electron chi connectivity index (χ0n) is 13.9. The number of pyridine rings is 1. The molecule has 0 saturated carbocycles. The van der Waals surface area contributed by atoms with Gasteiger partial charge >= 0.3 is 6.36 Å². The van der Waals surface area contributed by atoms with Gasteiger partial charge in [-0.15, -0.1) is 24.9 Å². The third-order valence-electron chi connectivity index (χ3n) is 4.20. The molecule has 1 N–H and O–H groups in total. The van der Waals surface area contributed by atoms with Gasteiger partial charge in [-0.2, -0.15) is 0 Å². The Bertz CT molecular complexity index is 996. The predicted molar refractivity (Wildman–Crippen MR) is 100 cm³/mol. The molecular weight excluding hydrogens is 397 g/mol. The summed E-state index contributed by atoms with van der Waals surface area (Å²) in [5.74, 6) is -0.314. The van der Waals surface area contributed by atoms with Crippen molar-refractivity contribution in [3.8, 4) is 5.75 Å². The molecule has 0 radical (unpaired) electrons. The van der Waals surface area contributed by atoms with Gasteiger partial charge in [0.25, 0.3) is 0 Å². The van der Waals surface area contributed by atoms with Crippen molar-refractivity contribution in [2.45, 2.75) is 23.1 Å². The maximum Gasteiger partial charge on any atom is 0.573 e. The van der Waals surface area contributed by atoms with Crippen LogP contribution in [0.3, 0.4) is 0 Å². The van der Waals surface area contributed by atoms with Crippen LogP contribution in [-0.2, 0) is 6.54 Å². The normalized spacial score (nSPS) is 17.4. The molecule has 3 nitrogen and oxygen atoms in total. The molecule has 3 aromatic rings. The van der Waals surface area contributed by atoms with Crippen LogP contribution in [0, 0.1) is 0 Å². The SMILES string of the molecule is FC(F)(F)Oc1ccc2nc(C3CNCc4ccccc4S3)cc(Cl)c2c1. The van der Waals surface area contributed by atoms with E-state index >= 15 is 0 Å². The van der Waals surface area contributed by atoms with E-state index in [1.807, 2.05) is 12.1 Å². The zero-order chi connectivity index (χ0) is 19.0. The summed E-state index contributed by atoms with van der Waals surface area (Å²) >= 11 is 8.06. The smallest absolute Gasteiger partial charge is 0.406 e. The van der Waals surface area contributed by atoms with Crippen LogP contribution >= 0.6 is 23.4 Å². The van der Waals surface area contributed by atoms with Gasteiger partial charge < -0.3 is 10.1 Å². The molecule has 0 bridgehead atoms. The van der Waals surface area contributed by atoms with Crippen molar-refractivity contribution in [1.82, 2.24) is 10.3 Å². The van der Waals surface area contributed by atoms with E-state index in [-0.39, 0.29) is 11.0 Å². The summed E-state index contributed by atoms with van der Waals surface area (Å²) in [6.45, 7) is 1.49. The summed E-state index contributed by atoms with van der Waals surface area (Å²) in [5, 5.41) is 4.22. The number of ether oxygens (including phenoxy) is 1. The van der Waals surface area contributed by atoms with Crippen molar-refractivity contribution < 1.29 is 17.9 Å². The quantitative estimate of drug-likeness (QED) is 0.585. The van der Waals surface area contributed by atoms with Crippen molar-refractivity contribution in [3.63, 3.8) is 0 Å². The Morgan fingerprint density at radius 2 is 1.96 bits per heavy atom. The molecule has 27 heavy (non-hydrogen) atoms. The Labute approximate surface area is 162 Å². The van der Waals surface area contributed by atoms with E-state index in [9.17, 15) is 13.2 Å². The molecule has 4 rings (SSSR count). The second-order valence-electron chi connectivity index (χ2n) is 6.10. The largest absolute Gasteiger partial charge is 0.573 e.